The van der Waals surface area contributed by atoms with Crippen LogP contribution in [-0.2, 0) is 55.7 Å². The van der Waals surface area contributed by atoms with Gasteiger partial charge < -0.3 is 9.47 Å². The molecular formula is C36H42O16S5. The van der Waals surface area contributed by atoms with Gasteiger partial charge in [0.05, 0.1) is 14.7 Å². The molecule has 57 heavy (non-hydrogen) atoms. The molecule has 0 amide bonds. The topological polar surface area (TPSA) is 270 Å². The predicted molar refractivity (Wildman–Crippen MR) is 206 cm³/mol. The van der Waals surface area contributed by atoms with Gasteiger partial charge in [-0.15, -0.1) is 0 Å². The summed E-state index contributed by atoms with van der Waals surface area (Å²) in [5, 5.41) is 0. The lowest BCUT2D eigenvalue weighted by Gasteiger charge is -2.29. The van der Waals surface area contributed by atoms with Crippen LogP contribution in [0.25, 0.3) is 0 Å². The molecule has 312 valence electrons. The minimum atomic E-state index is -5.34. The number of hydrogen-bond acceptors (Lipinski definition) is 12. The first-order valence-electron chi connectivity index (χ1n) is 16.9. The van der Waals surface area contributed by atoms with Gasteiger partial charge in [-0.05, 0) is 104 Å². The van der Waals surface area contributed by atoms with Crippen molar-refractivity contribution in [3.63, 3.8) is 0 Å². The third kappa shape index (κ3) is 10.0. The summed E-state index contributed by atoms with van der Waals surface area (Å²) in [5.74, 6) is -2.01. The second kappa shape index (κ2) is 15.7. The van der Waals surface area contributed by atoms with E-state index in [4.69, 9.17) is 9.47 Å². The Labute approximate surface area is 332 Å². The average Bonchev–Trinajstić information content (AvgIpc) is 3.09. The summed E-state index contributed by atoms with van der Waals surface area (Å²) < 4.78 is 179. The van der Waals surface area contributed by atoms with Gasteiger partial charge in [0, 0.05) is 5.41 Å². The second-order valence-corrected chi connectivity index (χ2v) is 21.8. The SMILES string of the molecule is CCC(C)c1ccc(S(=O)(=O)c2ccc(Oc3ccc(C(C)(C)c4ccc(OC(C)(C)CC)c(S(=O)(=O)O)c4)cc3S(=O)(=O)O)c(S(=O)(=O)O)c2)cc1S(=O)(=O)O. The Kier molecular flexibility index (Phi) is 12.6. The summed E-state index contributed by atoms with van der Waals surface area (Å²) in [6.07, 6.45) is 0.924. The molecule has 4 rings (SSSR count). The monoisotopic (exact) mass is 890 g/mol. The third-order valence-corrected chi connectivity index (χ3v) is 14.8. The summed E-state index contributed by atoms with van der Waals surface area (Å²) in [6.45, 7) is 11.8. The first-order valence-corrected chi connectivity index (χ1v) is 24.2. The van der Waals surface area contributed by atoms with Gasteiger partial charge in [-0.1, -0.05) is 52.8 Å². The Morgan fingerprint density at radius 2 is 0.930 bits per heavy atom. The highest BCUT2D eigenvalue weighted by Gasteiger charge is 2.32. The number of ether oxygens (including phenoxy) is 2. The highest BCUT2D eigenvalue weighted by Crippen LogP contribution is 2.41. The molecule has 4 N–H and O–H groups in total. The highest BCUT2D eigenvalue weighted by atomic mass is 32.2. The lowest BCUT2D eigenvalue weighted by molar-refractivity contribution is 0.101. The molecule has 0 aromatic heterocycles. The first kappa shape index (κ1) is 45.8. The van der Waals surface area contributed by atoms with Crippen LogP contribution in [0.15, 0.2) is 102 Å². The van der Waals surface area contributed by atoms with Gasteiger partial charge in [-0.2, -0.15) is 33.7 Å². The van der Waals surface area contributed by atoms with E-state index in [0.29, 0.717) is 25.0 Å². The molecule has 0 aliphatic carbocycles. The van der Waals surface area contributed by atoms with E-state index >= 15 is 0 Å². The fourth-order valence-corrected chi connectivity index (χ4v) is 9.85. The van der Waals surface area contributed by atoms with Crippen LogP contribution in [0, 0.1) is 0 Å². The molecule has 4 aromatic rings. The summed E-state index contributed by atoms with van der Waals surface area (Å²) >= 11 is 0. The van der Waals surface area contributed by atoms with Crippen LogP contribution in [0.5, 0.6) is 17.2 Å². The quantitative estimate of drug-likeness (QED) is 0.0904. The molecule has 0 radical (unpaired) electrons. The van der Waals surface area contributed by atoms with Gasteiger partial charge in [0.25, 0.3) is 40.5 Å². The standard InChI is InChI=1S/C36H42O16S5/c1-8-22(3)27-14-12-25(20-31(27)54(39,40)41)53(37,38)26-13-17-29(34(21-26)57(48,49)50)51-28-15-10-23(18-32(28)55(42,43)44)36(6,7)24-11-16-30(52-35(4,5)9-2)33(19-24)56(45,46)47/h10-22H,8-9H2,1-7H3,(H,39,40,41)(H,42,43,44)(H,45,46,47)(H,48,49,50). The minimum Gasteiger partial charge on any atom is -0.486 e. The molecule has 21 heteroatoms. The van der Waals surface area contributed by atoms with Crippen molar-refractivity contribution in [3.8, 4) is 17.2 Å². The normalized spacial score (nSPS) is 13.9. The molecule has 0 saturated heterocycles. The molecular weight excluding hydrogens is 849 g/mol. The Balaban J connectivity index is 1.83. The van der Waals surface area contributed by atoms with Gasteiger partial charge in [0.1, 0.15) is 37.5 Å². The Morgan fingerprint density at radius 1 is 0.544 bits per heavy atom. The average molecular weight is 891 g/mol. The lowest BCUT2D eigenvalue weighted by Crippen LogP contribution is -2.28. The summed E-state index contributed by atoms with van der Waals surface area (Å²) in [6, 6.07) is 12.3. The van der Waals surface area contributed by atoms with Crippen LogP contribution in [0.3, 0.4) is 0 Å². The van der Waals surface area contributed by atoms with Crippen molar-refractivity contribution in [3.05, 3.63) is 89.5 Å². The van der Waals surface area contributed by atoms with E-state index in [-0.39, 0.29) is 22.4 Å². The molecule has 16 nitrogen and oxygen atoms in total. The van der Waals surface area contributed by atoms with E-state index in [0.717, 1.165) is 36.4 Å². The maximum atomic E-state index is 13.7. The van der Waals surface area contributed by atoms with E-state index in [9.17, 15) is 60.3 Å². The lowest BCUT2D eigenvalue weighted by atomic mass is 9.78. The molecule has 0 fully saturated rings. The zero-order valence-corrected chi connectivity index (χ0v) is 35.7. The van der Waals surface area contributed by atoms with Gasteiger partial charge in [0.2, 0.25) is 9.84 Å². The molecule has 1 atom stereocenters. The van der Waals surface area contributed by atoms with Crippen molar-refractivity contribution in [1.29, 1.82) is 0 Å². The molecule has 0 aliphatic rings. The third-order valence-electron chi connectivity index (χ3n) is 9.56. The van der Waals surface area contributed by atoms with E-state index in [1.165, 1.54) is 24.3 Å². The Morgan fingerprint density at radius 3 is 1.37 bits per heavy atom. The maximum Gasteiger partial charge on any atom is 0.298 e. The number of benzene rings is 4. The van der Waals surface area contributed by atoms with E-state index in [1.807, 2.05) is 6.92 Å². The molecule has 0 spiro atoms. The van der Waals surface area contributed by atoms with Gasteiger partial charge in [0.15, 0.2) is 0 Å². The van der Waals surface area contributed by atoms with Gasteiger partial charge in [-0.3, -0.25) is 18.2 Å². The van der Waals surface area contributed by atoms with Crippen molar-refractivity contribution in [2.45, 2.75) is 108 Å². The fraction of sp³-hybridized carbons (Fsp3) is 0.333. The second-order valence-electron chi connectivity index (χ2n) is 14.3. The Bertz CT molecular complexity index is 2790. The fourth-order valence-electron chi connectivity index (χ4n) is 5.63. The van der Waals surface area contributed by atoms with Gasteiger partial charge >= 0.3 is 0 Å². The van der Waals surface area contributed by atoms with Crippen LogP contribution in [0.1, 0.15) is 83.9 Å². The van der Waals surface area contributed by atoms with Crippen molar-refractivity contribution in [1.82, 2.24) is 0 Å². The van der Waals surface area contributed by atoms with Crippen LogP contribution in [0.2, 0.25) is 0 Å². The number of rotatable bonds is 15. The maximum absolute atomic E-state index is 13.7. The largest absolute Gasteiger partial charge is 0.486 e. The highest BCUT2D eigenvalue weighted by molar-refractivity contribution is 7.91. The van der Waals surface area contributed by atoms with Crippen LogP contribution in [0.4, 0.5) is 0 Å². The van der Waals surface area contributed by atoms with Crippen LogP contribution in [-0.4, -0.2) is 65.9 Å². The summed E-state index contributed by atoms with van der Waals surface area (Å²) in [5.41, 5.74) is -1.54. The molecule has 1 unspecified atom stereocenters. The van der Waals surface area contributed by atoms with Crippen LogP contribution >= 0.6 is 0 Å². The minimum absolute atomic E-state index is 0.132. The van der Waals surface area contributed by atoms with Crippen molar-refractivity contribution in [2.75, 3.05) is 0 Å². The smallest absolute Gasteiger partial charge is 0.298 e. The predicted octanol–water partition coefficient (Wildman–Crippen LogP) is 6.71. The van der Waals surface area contributed by atoms with Gasteiger partial charge in [-0.25, -0.2) is 8.42 Å². The zero-order valence-electron chi connectivity index (χ0n) is 31.6. The van der Waals surface area contributed by atoms with E-state index in [1.54, 1.807) is 41.5 Å². The molecule has 0 aliphatic heterocycles. The Hall–Kier alpha value is -3.93. The first-order chi connectivity index (χ1) is 25.8. The number of sulfone groups is 1. The summed E-state index contributed by atoms with van der Waals surface area (Å²) in [7, 11) is -25.0. The molecule has 0 bridgehead atoms. The molecule has 0 saturated carbocycles. The van der Waals surface area contributed by atoms with Crippen molar-refractivity contribution in [2.24, 2.45) is 0 Å². The van der Waals surface area contributed by atoms with E-state index in [2.05, 4.69) is 0 Å². The molecule has 0 heterocycles. The van der Waals surface area contributed by atoms with Crippen molar-refractivity contribution >= 4 is 50.3 Å². The zero-order chi connectivity index (χ0) is 43.3. The van der Waals surface area contributed by atoms with Crippen molar-refractivity contribution < 1.29 is 69.8 Å². The van der Waals surface area contributed by atoms with Crippen LogP contribution < -0.4 is 9.47 Å². The van der Waals surface area contributed by atoms with E-state index < -0.39 is 108 Å². The number of hydrogen-bond donors (Lipinski definition) is 4. The molecule has 4 aromatic carbocycles. The summed E-state index contributed by atoms with van der Waals surface area (Å²) in [4.78, 5) is -4.74.